The monoisotopic (exact) mass is 312 g/mol. The molecule has 0 N–H and O–H groups in total. The van der Waals surface area contributed by atoms with Crippen molar-refractivity contribution in [2.45, 2.75) is 12.5 Å². The van der Waals surface area contributed by atoms with E-state index in [1.807, 2.05) is 0 Å². The van der Waals surface area contributed by atoms with Gasteiger partial charge in [-0.15, -0.1) is 11.6 Å². The van der Waals surface area contributed by atoms with Crippen LogP contribution in [0, 0.1) is 0 Å². The molecule has 0 aromatic carbocycles. The van der Waals surface area contributed by atoms with Crippen molar-refractivity contribution >= 4 is 30.1 Å². The number of methoxy groups -OCH3 is 1. The SMILES string of the molecule is COCc1nc(CCl)cc(OP(=S)(OC)OC)n1. The van der Waals surface area contributed by atoms with E-state index in [0.29, 0.717) is 11.5 Å². The molecule has 0 atom stereocenters. The summed E-state index contributed by atoms with van der Waals surface area (Å²) < 4.78 is 20.5. The van der Waals surface area contributed by atoms with E-state index < -0.39 is 6.72 Å². The summed E-state index contributed by atoms with van der Waals surface area (Å²) in [5, 5.41) is 0. The van der Waals surface area contributed by atoms with Crippen LogP contribution in [0.4, 0.5) is 0 Å². The van der Waals surface area contributed by atoms with Gasteiger partial charge in [-0.3, -0.25) is 0 Å². The maximum atomic E-state index is 5.74. The van der Waals surface area contributed by atoms with Crippen molar-refractivity contribution in [3.8, 4) is 5.88 Å². The van der Waals surface area contributed by atoms with E-state index in [9.17, 15) is 0 Å². The minimum atomic E-state index is -2.81. The van der Waals surface area contributed by atoms with Gasteiger partial charge in [0.1, 0.15) is 6.61 Å². The zero-order chi connectivity index (χ0) is 13.6. The molecule has 1 aromatic rings. The lowest BCUT2D eigenvalue weighted by molar-refractivity contribution is 0.176. The van der Waals surface area contributed by atoms with Crippen molar-refractivity contribution in [1.29, 1.82) is 0 Å². The van der Waals surface area contributed by atoms with Crippen molar-refractivity contribution in [3.05, 3.63) is 17.6 Å². The van der Waals surface area contributed by atoms with Crippen LogP contribution in [0.3, 0.4) is 0 Å². The number of ether oxygens (including phenoxy) is 1. The summed E-state index contributed by atoms with van der Waals surface area (Å²) in [6.45, 7) is -2.56. The molecule has 0 bridgehead atoms. The summed E-state index contributed by atoms with van der Waals surface area (Å²) in [5.41, 5.74) is 0.613. The van der Waals surface area contributed by atoms with E-state index in [1.54, 1.807) is 13.2 Å². The van der Waals surface area contributed by atoms with E-state index in [-0.39, 0.29) is 18.4 Å². The molecule has 1 aromatic heterocycles. The molecule has 0 spiro atoms. The van der Waals surface area contributed by atoms with Crippen LogP contribution in [0.2, 0.25) is 0 Å². The Morgan fingerprint density at radius 3 is 2.44 bits per heavy atom. The number of alkyl halides is 1. The van der Waals surface area contributed by atoms with Crippen LogP contribution in [-0.2, 0) is 38.1 Å². The summed E-state index contributed by atoms with van der Waals surface area (Å²) in [6.07, 6.45) is 0. The first-order chi connectivity index (χ1) is 8.56. The average Bonchev–Trinajstić information content (AvgIpc) is 2.38. The molecule has 0 saturated carbocycles. The van der Waals surface area contributed by atoms with E-state index >= 15 is 0 Å². The molecule has 0 aliphatic carbocycles. The zero-order valence-electron chi connectivity index (χ0n) is 10.3. The van der Waals surface area contributed by atoms with Crippen LogP contribution >= 0.6 is 18.3 Å². The van der Waals surface area contributed by atoms with Gasteiger partial charge in [0.25, 0.3) is 0 Å². The molecular formula is C9H14ClN2O4PS. The fourth-order valence-electron chi connectivity index (χ4n) is 1.10. The Hall–Kier alpha value is -0.300. The van der Waals surface area contributed by atoms with Gasteiger partial charge in [-0.25, -0.2) is 4.98 Å². The van der Waals surface area contributed by atoms with Crippen LogP contribution in [0.25, 0.3) is 0 Å². The Kier molecular flexibility index (Phi) is 6.42. The quantitative estimate of drug-likeness (QED) is 0.565. The molecule has 0 aliphatic rings. The lowest BCUT2D eigenvalue weighted by atomic mass is 10.4. The number of hydrogen-bond acceptors (Lipinski definition) is 7. The van der Waals surface area contributed by atoms with Gasteiger partial charge in [-0.2, -0.15) is 4.98 Å². The van der Waals surface area contributed by atoms with Crippen LogP contribution in [-0.4, -0.2) is 31.3 Å². The van der Waals surface area contributed by atoms with Gasteiger partial charge in [-0.1, -0.05) is 0 Å². The molecular weight excluding hydrogens is 299 g/mol. The molecule has 102 valence electrons. The Balaban J connectivity index is 3.00. The Morgan fingerprint density at radius 2 is 1.94 bits per heavy atom. The first-order valence-corrected chi connectivity index (χ1v) is 7.98. The fourth-order valence-corrected chi connectivity index (χ4v) is 2.08. The highest BCUT2D eigenvalue weighted by Gasteiger charge is 2.20. The van der Waals surface area contributed by atoms with Gasteiger partial charge in [-0.05, 0) is 0 Å². The zero-order valence-corrected chi connectivity index (χ0v) is 12.7. The maximum absolute atomic E-state index is 5.74. The average molecular weight is 313 g/mol. The third-order valence-corrected chi connectivity index (χ3v) is 4.56. The van der Waals surface area contributed by atoms with Crippen molar-refractivity contribution in [1.82, 2.24) is 9.97 Å². The van der Waals surface area contributed by atoms with Gasteiger partial charge < -0.3 is 18.3 Å². The number of rotatable bonds is 7. The lowest BCUT2D eigenvalue weighted by Crippen LogP contribution is -2.04. The van der Waals surface area contributed by atoms with Gasteiger partial charge in [0.15, 0.2) is 5.82 Å². The van der Waals surface area contributed by atoms with Crippen molar-refractivity contribution in [2.75, 3.05) is 21.3 Å². The second-order valence-electron chi connectivity index (χ2n) is 3.08. The minimum absolute atomic E-state index is 0.235. The van der Waals surface area contributed by atoms with E-state index in [0.717, 1.165) is 0 Å². The highest BCUT2D eigenvalue weighted by Crippen LogP contribution is 2.47. The second kappa shape index (κ2) is 7.33. The fraction of sp³-hybridized carbons (Fsp3) is 0.556. The molecule has 0 aliphatic heterocycles. The number of halogens is 1. The molecule has 0 radical (unpaired) electrons. The molecule has 6 nitrogen and oxygen atoms in total. The van der Waals surface area contributed by atoms with E-state index in [1.165, 1.54) is 14.2 Å². The van der Waals surface area contributed by atoms with Crippen molar-refractivity contribution in [3.63, 3.8) is 0 Å². The highest BCUT2D eigenvalue weighted by molar-refractivity contribution is 8.07. The summed E-state index contributed by atoms with van der Waals surface area (Å²) in [4.78, 5) is 8.31. The predicted octanol–water partition coefficient (Wildman–Crippen LogP) is 2.26. The summed E-state index contributed by atoms with van der Waals surface area (Å²) in [5.74, 6) is 0.956. The number of hydrogen-bond donors (Lipinski definition) is 0. The standard InChI is InChI=1S/C9H14ClN2O4PS/c1-13-6-8-11-7(5-10)4-9(12-8)16-17(18,14-2)15-3/h4H,5-6H2,1-3H3. The molecule has 0 saturated heterocycles. The van der Waals surface area contributed by atoms with Crippen LogP contribution in [0.1, 0.15) is 11.5 Å². The third-order valence-electron chi connectivity index (χ3n) is 1.86. The summed E-state index contributed by atoms with van der Waals surface area (Å²) >= 11 is 10.8. The molecule has 0 amide bonds. The maximum Gasteiger partial charge on any atom is 0.381 e. The second-order valence-corrected chi connectivity index (χ2v) is 6.50. The predicted molar refractivity (Wildman–Crippen MR) is 71.2 cm³/mol. The van der Waals surface area contributed by atoms with E-state index in [4.69, 9.17) is 41.7 Å². The van der Waals surface area contributed by atoms with E-state index in [2.05, 4.69) is 9.97 Å². The smallest absolute Gasteiger partial charge is 0.381 e. The Morgan fingerprint density at radius 1 is 1.28 bits per heavy atom. The first-order valence-electron chi connectivity index (χ1n) is 4.89. The molecule has 0 unspecified atom stereocenters. The minimum Gasteiger partial charge on any atom is -0.406 e. The topological polar surface area (TPSA) is 62.7 Å². The molecule has 1 heterocycles. The van der Waals surface area contributed by atoms with Gasteiger partial charge in [0, 0.05) is 39.2 Å². The van der Waals surface area contributed by atoms with Crippen molar-refractivity contribution in [2.24, 2.45) is 0 Å². The molecule has 18 heavy (non-hydrogen) atoms. The van der Waals surface area contributed by atoms with Gasteiger partial charge in [0.05, 0.1) is 11.6 Å². The molecule has 1 rings (SSSR count). The normalized spacial score (nSPS) is 11.6. The van der Waals surface area contributed by atoms with Crippen LogP contribution in [0.15, 0.2) is 6.07 Å². The highest BCUT2D eigenvalue weighted by atomic mass is 35.5. The van der Waals surface area contributed by atoms with Gasteiger partial charge in [0.2, 0.25) is 5.88 Å². The van der Waals surface area contributed by atoms with Gasteiger partial charge >= 0.3 is 6.72 Å². The largest absolute Gasteiger partial charge is 0.406 e. The lowest BCUT2D eigenvalue weighted by Gasteiger charge is -2.17. The van der Waals surface area contributed by atoms with Crippen LogP contribution < -0.4 is 4.52 Å². The summed E-state index contributed by atoms with van der Waals surface area (Å²) in [6, 6.07) is 1.59. The number of aromatic nitrogens is 2. The molecule has 0 fully saturated rings. The summed E-state index contributed by atoms with van der Waals surface area (Å²) in [7, 11) is 4.39. The Labute approximate surface area is 116 Å². The number of nitrogens with zero attached hydrogens (tertiary/aromatic N) is 2. The first kappa shape index (κ1) is 15.8. The molecule has 9 heteroatoms. The Bertz CT molecular complexity index is 441. The van der Waals surface area contributed by atoms with Crippen LogP contribution in [0.5, 0.6) is 5.88 Å². The van der Waals surface area contributed by atoms with Crippen molar-refractivity contribution < 1.29 is 18.3 Å². The third kappa shape index (κ3) is 4.42.